The van der Waals surface area contributed by atoms with Gasteiger partial charge in [-0.15, -0.1) is 10.2 Å². The summed E-state index contributed by atoms with van der Waals surface area (Å²) in [6.45, 7) is 3.60. The average Bonchev–Trinajstić information content (AvgIpc) is 3.16. The normalized spacial score (nSPS) is 11.2. The first kappa shape index (κ1) is 14.6. The fraction of sp³-hybridized carbons (Fsp3) is 0.133. The highest BCUT2D eigenvalue weighted by Gasteiger charge is 2.16. The molecule has 2 heterocycles. The molecule has 8 nitrogen and oxygen atoms in total. The molecule has 0 saturated heterocycles. The maximum absolute atomic E-state index is 11.1. The van der Waals surface area contributed by atoms with Gasteiger partial charge in [0, 0.05) is 17.2 Å². The summed E-state index contributed by atoms with van der Waals surface area (Å²) in [5, 5.41) is 22.5. The zero-order valence-corrected chi connectivity index (χ0v) is 12.5. The Morgan fingerprint density at radius 2 is 1.96 bits per heavy atom. The van der Waals surface area contributed by atoms with Crippen molar-refractivity contribution in [2.24, 2.45) is 5.10 Å². The summed E-state index contributed by atoms with van der Waals surface area (Å²) in [6.07, 6.45) is 4.42. The summed E-state index contributed by atoms with van der Waals surface area (Å²) in [5.74, 6) is 1.08. The molecule has 0 aliphatic rings. The molecule has 8 heteroatoms. The maximum atomic E-state index is 11.1. The monoisotopic (exact) mass is 311 g/mol. The number of nitrogens with zero attached hydrogens (tertiary/aromatic N) is 5. The van der Waals surface area contributed by atoms with Gasteiger partial charge >= 0.3 is 0 Å². The van der Waals surface area contributed by atoms with Gasteiger partial charge in [-0.05, 0) is 37.6 Å². The quantitative estimate of drug-likeness (QED) is 0.419. The van der Waals surface area contributed by atoms with Gasteiger partial charge in [-0.3, -0.25) is 10.1 Å². The first-order chi connectivity index (χ1) is 11.0. The summed E-state index contributed by atoms with van der Waals surface area (Å²) in [6, 6.07) is 6.81. The second-order valence-electron chi connectivity index (χ2n) is 5.00. The Hall–Kier alpha value is -3.29. The number of hydrogen-bond donors (Lipinski definition) is 0. The zero-order chi connectivity index (χ0) is 16.4. The zero-order valence-electron chi connectivity index (χ0n) is 12.5. The van der Waals surface area contributed by atoms with Gasteiger partial charge in [-0.25, -0.2) is 4.68 Å². The highest BCUT2D eigenvalue weighted by atomic mass is 16.6. The van der Waals surface area contributed by atoms with Gasteiger partial charge in [0.25, 0.3) is 5.69 Å². The molecule has 0 amide bonds. The fourth-order valence-corrected chi connectivity index (χ4v) is 2.25. The van der Waals surface area contributed by atoms with Crippen LogP contribution in [0.2, 0.25) is 0 Å². The van der Waals surface area contributed by atoms with Gasteiger partial charge in [0.15, 0.2) is 0 Å². The van der Waals surface area contributed by atoms with E-state index >= 15 is 0 Å². The summed E-state index contributed by atoms with van der Waals surface area (Å²) in [4.78, 5) is 10.7. The van der Waals surface area contributed by atoms with Crippen LogP contribution in [0.5, 0.6) is 0 Å². The van der Waals surface area contributed by atoms with Gasteiger partial charge < -0.3 is 4.42 Å². The molecule has 0 saturated carbocycles. The molecule has 116 valence electrons. The molecule has 0 bridgehead atoms. The minimum absolute atomic E-state index is 0.0710. The largest absolute Gasteiger partial charge is 0.455 e. The van der Waals surface area contributed by atoms with Crippen LogP contribution in [0.1, 0.15) is 16.9 Å². The highest BCUT2D eigenvalue weighted by Crippen LogP contribution is 2.31. The second-order valence-corrected chi connectivity index (χ2v) is 5.00. The first-order valence-corrected chi connectivity index (χ1v) is 6.79. The lowest BCUT2D eigenvalue weighted by atomic mass is 10.0. The molecule has 0 unspecified atom stereocenters. The van der Waals surface area contributed by atoms with Gasteiger partial charge in [-0.1, -0.05) is 0 Å². The predicted octanol–water partition coefficient (Wildman–Crippen LogP) is 2.95. The van der Waals surface area contributed by atoms with Gasteiger partial charge in [-0.2, -0.15) is 5.10 Å². The van der Waals surface area contributed by atoms with Crippen molar-refractivity contribution in [2.75, 3.05) is 0 Å². The van der Waals surface area contributed by atoms with Crippen LogP contribution in [-0.2, 0) is 0 Å². The van der Waals surface area contributed by atoms with Gasteiger partial charge in [0.05, 0.1) is 11.1 Å². The first-order valence-electron chi connectivity index (χ1n) is 6.79. The van der Waals surface area contributed by atoms with Crippen molar-refractivity contribution in [3.8, 4) is 11.3 Å². The third-order valence-electron chi connectivity index (χ3n) is 3.36. The Morgan fingerprint density at radius 3 is 2.65 bits per heavy atom. The summed E-state index contributed by atoms with van der Waals surface area (Å²) >= 11 is 0. The molecular formula is C15H13N5O3. The molecule has 3 rings (SSSR count). The Balaban J connectivity index is 1.94. The standard InChI is InChI=1S/C15H13N5O3/c1-10-5-11(2)14(20(21)22)6-13(10)15-4-3-12(23-15)7-18-19-8-16-17-9-19/h3-9H,1-2H3/b18-7-. The number of benzene rings is 1. The number of hydrogen-bond acceptors (Lipinski definition) is 6. The minimum atomic E-state index is -0.393. The Kier molecular flexibility index (Phi) is 3.71. The molecule has 0 N–H and O–H groups in total. The number of aryl methyl sites for hydroxylation is 2. The predicted molar refractivity (Wildman–Crippen MR) is 83.3 cm³/mol. The van der Waals surface area contributed by atoms with Crippen LogP contribution in [0, 0.1) is 24.0 Å². The van der Waals surface area contributed by atoms with Crippen LogP contribution in [0.25, 0.3) is 11.3 Å². The topological polar surface area (TPSA) is 99.3 Å². The fourth-order valence-electron chi connectivity index (χ4n) is 2.25. The molecule has 0 spiro atoms. The lowest BCUT2D eigenvalue weighted by Gasteiger charge is -2.05. The van der Waals surface area contributed by atoms with Crippen molar-refractivity contribution >= 4 is 11.9 Å². The van der Waals surface area contributed by atoms with E-state index in [0.717, 1.165) is 5.56 Å². The van der Waals surface area contributed by atoms with E-state index in [1.54, 1.807) is 25.1 Å². The van der Waals surface area contributed by atoms with E-state index in [9.17, 15) is 10.1 Å². The Labute approximate surface area is 131 Å². The van der Waals surface area contributed by atoms with Crippen molar-refractivity contribution < 1.29 is 9.34 Å². The number of nitro groups is 1. The highest BCUT2D eigenvalue weighted by molar-refractivity contribution is 5.78. The molecule has 0 aliphatic heterocycles. The van der Waals surface area contributed by atoms with Crippen LogP contribution in [0.3, 0.4) is 0 Å². The Bertz CT molecular complexity index is 881. The number of rotatable bonds is 4. The number of nitro benzene ring substituents is 1. The van der Waals surface area contributed by atoms with E-state index in [1.165, 1.54) is 29.6 Å². The lowest BCUT2D eigenvalue weighted by Crippen LogP contribution is -1.94. The molecule has 3 aromatic rings. The lowest BCUT2D eigenvalue weighted by molar-refractivity contribution is -0.385. The van der Waals surface area contributed by atoms with Crippen LogP contribution in [0.4, 0.5) is 5.69 Å². The SMILES string of the molecule is Cc1cc(C)c([N+](=O)[O-])cc1-c1ccc(/C=N\n2cnnc2)o1. The molecule has 1 aromatic carbocycles. The van der Waals surface area contributed by atoms with Gasteiger partial charge in [0.2, 0.25) is 0 Å². The molecule has 23 heavy (non-hydrogen) atoms. The van der Waals surface area contributed by atoms with Gasteiger partial charge in [0.1, 0.15) is 24.2 Å². The third kappa shape index (κ3) is 3.00. The molecule has 2 aromatic heterocycles. The smallest absolute Gasteiger partial charge is 0.273 e. The molecule has 0 radical (unpaired) electrons. The molecule has 0 atom stereocenters. The maximum Gasteiger partial charge on any atom is 0.273 e. The summed E-state index contributed by atoms with van der Waals surface area (Å²) in [5.41, 5.74) is 2.29. The van der Waals surface area contributed by atoms with Crippen LogP contribution in [-0.4, -0.2) is 26.0 Å². The third-order valence-corrected chi connectivity index (χ3v) is 3.36. The minimum Gasteiger partial charge on any atom is -0.455 e. The van der Waals surface area contributed by atoms with E-state index in [2.05, 4.69) is 15.3 Å². The van der Waals surface area contributed by atoms with Crippen LogP contribution >= 0.6 is 0 Å². The van der Waals surface area contributed by atoms with Crippen LogP contribution < -0.4 is 0 Å². The summed E-state index contributed by atoms with van der Waals surface area (Å²) in [7, 11) is 0. The van der Waals surface area contributed by atoms with E-state index < -0.39 is 4.92 Å². The summed E-state index contributed by atoms with van der Waals surface area (Å²) < 4.78 is 7.13. The van der Waals surface area contributed by atoms with E-state index in [0.29, 0.717) is 22.6 Å². The van der Waals surface area contributed by atoms with Crippen molar-refractivity contribution in [3.63, 3.8) is 0 Å². The van der Waals surface area contributed by atoms with Crippen molar-refractivity contribution in [1.29, 1.82) is 0 Å². The van der Waals surface area contributed by atoms with Crippen LogP contribution in [0.15, 0.2) is 46.4 Å². The van der Waals surface area contributed by atoms with E-state index in [1.807, 2.05) is 6.92 Å². The van der Waals surface area contributed by atoms with Crippen molar-refractivity contribution in [1.82, 2.24) is 14.9 Å². The molecule has 0 aliphatic carbocycles. The molecular weight excluding hydrogens is 298 g/mol. The number of aromatic nitrogens is 3. The van der Waals surface area contributed by atoms with E-state index in [4.69, 9.17) is 4.42 Å². The molecule has 0 fully saturated rings. The number of furan rings is 1. The van der Waals surface area contributed by atoms with E-state index in [-0.39, 0.29) is 5.69 Å². The average molecular weight is 311 g/mol. The second kappa shape index (κ2) is 5.84. The van der Waals surface area contributed by atoms with Crippen molar-refractivity contribution in [3.05, 3.63) is 63.9 Å². The Morgan fingerprint density at radius 1 is 1.22 bits per heavy atom. The van der Waals surface area contributed by atoms with Crippen molar-refractivity contribution in [2.45, 2.75) is 13.8 Å².